The molecule has 2 amide bonds. The van der Waals surface area contributed by atoms with E-state index in [-0.39, 0.29) is 24.4 Å². The van der Waals surface area contributed by atoms with Crippen LogP contribution in [0.15, 0.2) is 18.2 Å². The Morgan fingerprint density at radius 2 is 1.96 bits per heavy atom. The Labute approximate surface area is 157 Å². The highest BCUT2D eigenvalue weighted by Crippen LogP contribution is 2.34. The molecule has 8 heteroatoms. The summed E-state index contributed by atoms with van der Waals surface area (Å²) in [7, 11) is 0. The van der Waals surface area contributed by atoms with Gasteiger partial charge in [0.2, 0.25) is 5.91 Å². The number of carbonyl (C=O) groups excluding carboxylic acids is 2. The summed E-state index contributed by atoms with van der Waals surface area (Å²) in [6.07, 6.45) is 1.92. The van der Waals surface area contributed by atoms with Gasteiger partial charge in [0.05, 0.1) is 5.56 Å². The van der Waals surface area contributed by atoms with Gasteiger partial charge in [-0.1, -0.05) is 6.07 Å². The van der Waals surface area contributed by atoms with Gasteiger partial charge in [0.15, 0.2) is 11.5 Å². The quantitative estimate of drug-likeness (QED) is 0.853. The molecule has 0 unspecified atom stereocenters. The fraction of sp³-hybridized carbons (Fsp3) is 0.526. The third-order valence-corrected chi connectivity index (χ3v) is 4.93. The smallest absolute Gasteiger partial charge is 0.323 e. The number of hydrogen-bond acceptors (Lipinski definition) is 5. The first kappa shape index (κ1) is 19.0. The van der Waals surface area contributed by atoms with Crippen molar-refractivity contribution in [1.29, 1.82) is 0 Å². The summed E-state index contributed by atoms with van der Waals surface area (Å²) in [5.41, 5.74) is 0.472. The number of rotatable bonds is 4. The fourth-order valence-electron chi connectivity index (χ4n) is 3.65. The maximum atomic E-state index is 13.0. The molecule has 0 spiro atoms. The summed E-state index contributed by atoms with van der Waals surface area (Å²) in [6.45, 7) is 2.94. The molecule has 1 saturated heterocycles. The van der Waals surface area contributed by atoms with Crippen molar-refractivity contribution in [2.24, 2.45) is 0 Å². The number of likely N-dealkylation sites (tertiary alicyclic amines) is 1. The Balaban J connectivity index is 1.72. The molecule has 2 heterocycles. The van der Waals surface area contributed by atoms with Crippen LogP contribution in [-0.4, -0.2) is 71.6 Å². The van der Waals surface area contributed by atoms with Crippen LogP contribution >= 0.6 is 0 Å². The predicted molar refractivity (Wildman–Crippen MR) is 96.0 cm³/mol. The number of carbonyl (C=O) groups is 3. The van der Waals surface area contributed by atoms with E-state index in [9.17, 15) is 14.4 Å². The number of benzene rings is 1. The summed E-state index contributed by atoms with van der Waals surface area (Å²) in [5.74, 6) is -0.374. The number of para-hydroxylation sites is 1. The van der Waals surface area contributed by atoms with Gasteiger partial charge in [-0.15, -0.1) is 0 Å². The number of carboxylic acids is 1. The summed E-state index contributed by atoms with van der Waals surface area (Å²) in [4.78, 5) is 39.1. The second-order valence-electron chi connectivity index (χ2n) is 6.75. The van der Waals surface area contributed by atoms with Crippen LogP contribution in [0.2, 0.25) is 0 Å². The van der Waals surface area contributed by atoms with Crippen molar-refractivity contribution < 1.29 is 29.0 Å². The summed E-state index contributed by atoms with van der Waals surface area (Å²) in [6, 6.07) is 5.09. The molecule has 1 N–H and O–H groups in total. The Morgan fingerprint density at radius 1 is 1.19 bits per heavy atom. The number of fused-ring (bicyclic) bond motifs is 1. The number of hydrogen-bond donors (Lipinski definition) is 1. The normalized spacial score (nSPS) is 19.1. The number of nitrogens with zero attached hydrogens (tertiary/aromatic N) is 2. The Bertz CT molecular complexity index is 735. The summed E-state index contributed by atoms with van der Waals surface area (Å²) < 4.78 is 11.2. The van der Waals surface area contributed by atoms with E-state index in [4.69, 9.17) is 14.6 Å². The molecule has 1 aromatic carbocycles. The lowest BCUT2D eigenvalue weighted by Gasteiger charge is -2.29. The minimum atomic E-state index is -1.03. The molecule has 1 aromatic rings. The van der Waals surface area contributed by atoms with Gasteiger partial charge in [-0.3, -0.25) is 14.4 Å². The third-order valence-electron chi connectivity index (χ3n) is 4.93. The van der Waals surface area contributed by atoms with Crippen molar-refractivity contribution >= 4 is 17.8 Å². The predicted octanol–water partition coefficient (Wildman–Crippen LogP) is 1.39. The highest BCUT2D eigenvalue weighted by Gasteiger charge is 2.29. The van der Waals surface area contributed by atoms with E-state index in [1.54, 1.807) is 23.1 Å². The van der Waals surface area contributed by atoms with Crippen LogP contribution in [0.5, 0.6) is 11.5 Å². The molecule has 3 rings (SSSR count). The van der Waals surface area contributed by atoms with Crippen molar-refractivity contribution in [2.45, 2.75) is 32.2 Å². The molecule has 27 heavy (non-hydrogen) atoms. The van der Waals surface area contributed by atoms with E-state index in [1.165, 1.54) is 11.8 Å². The molecule has 146 valence electrons. The van der Waals surface area contributed by atoms with Crippen molar-refractivity contribution in [3.05, 3.63) is 23.8 Å². The maximum absolute atomic E-state index is 13.0. The van der Waals surface area contributed by atoms with Gasteiger partial charge in [0, 0.05) is 26.1 Å². The first-order valence-corrected chi connectivity index (χ1v) is 9.14. The zero-order chi connectivity index (χ0) is 19.4. The molecule has 0 bridgehead atoms. The van der Waals surface area contributed by atoms with Gasteiger partial charge < -0.3 is 24.4 Å². The Morgan fingerprint density at radius 3 is 2.70 bits per heavy atom. The largest absolute Gasteiger partial charge is 0.486 e. The van der Waals surface area contributed by atoms with Gasteiger partial charge in [-0.25, -0.2) is 0 Å². The Kier molecular flexibility index (Phi) is 5.83. The molecule has 0 radical (unpaired) electrons. The first-order valence-electron chi connectivity index (χ1n) is 9.14. The number of carboxylic acid groups (broad SMARTS) is 1. The van der Waals surface area contributed by atoms with E-state index in [2.05, 4.69) is 0 Å². The van der Waals surface area contributed by atoms with E-state index >= 15 is 0 Å². The van der Waals surface area contributed by atoms with Gasteiger partial charge >= 0.3 is 5.97 Å². The molecule has 2 aliphatic rings. The van der Waals surface area contributed by atoms with Gasteiger partial charge in [-0.05, 0) is 31.4 Å². The van der Waals surface area contributed by atoms with Gasteiger partial charge in [-0.2, -0.15) is 0 Å². The number of aliphatic carboxylic acids is 1. The van der Waals surface area contributed by atoms with E-state index < -0.39 is 5.97 Å². The number of ether oxygens (including phenoxy) is 2. The van der Waals surface area contributed by atoms with Crippen LogP contribution < -0.4 is 9.47 Å². The van der Waals surface area contributed by atoms with E-state index in [1.807, 2.05) is 0 Å². The molecule has 0 aromatic heterocycles. The topological polar surface area (TPSA) is 96.4 Å². The van der Waals surface area contributed by atoms with E-state index in [0.717, 1.165) is 0 Å². The van der Waals surface area contributed by atoms with E-state index in [0.29, 0.717) is 62.6 Å². The lowest BCUT2D eigenvalue weighted by molar-refractivity contribution is -0.145. The molecule has 0 aliphatic carbocycles. The molecule has 1 atom stereocenters. The Hall–Kier alpha value is -2.77. The molecular weight excluding hydrogens is 352 g/mol. The summed E-state index contributed by atoms with van der Waals surface area (Å²) in [5, 5.41) is 9.05. The van der Waals surface area contributed by atoms with Crippen LogP contribution in [0.25, 0.3) is 0 Å². The average molecular weight is 376 g/mol. The lowest BCUT2D eigenvalue weighted by Crippen LogP contribution is -2.43. The number of amides is 2. The van der Waals surface area contributed by atoms with Crippen LogP contribution in [0.1, 0.15) is 36.5 Å². The first-order chi connectivity index (χ1) is 13.0. The van der Waals surface area contributed by atoms with Crippen molar-refractivity contribution in [3.63, 3.8) is 0 Å². The highest BCUT2D eigenvalue weighted by molar-refractivity contribution is 5.98. The van der Waals surface area contributed by atoms with Crippen LogP contribution in [0.3, 0.4) is 0 Å². The van der Waals surface area contributed by atoms with Gasteiger partial charge in [0.1, 0.15) is 19.8 Å². The lowest BCUT2D eigenvalue weighted by atomic mass is 10.1. The minimum Gasteiger partial charge on any atom is -0.486 e. The van der Waals surface area contributed by atoms with Crippen molar-refractivity contribution in [1.82, 2.24) is 9.80 Å². The van der Waals surface area contributed by atoms with Crippen molar-refractivity contribution in [3.8, 4) is 11.5 Å². The van der Waals surface area contributed by atoms with Crippen molar-refractivity contribution in [2.75, 3.05) is 32.8 Å². The SMILES string of the molecule is CC(=O)N(CC(=O)O)[C@H]1CCCN(C(=O)c2cccc3c2OCCO3)CC1. The average Bonchev–Trinajstić information content (AvgIpc) is 2.91. The third kappa shape index (κ3) is 4.32. The molecule has 2 aliphatic heterocycles. The molecule has 1 fully saturated rings. The second-order valence-corrected chi connectivity index (χ2v) is 6.75. The monoisotopic (exact) mass is 376 g/mol. The molecular formula is C19H24N2O6. The van der Waals surface area contributed by atoms with Crippen LogP contribution in [-0.2, 0) is 9.59 Å². The van der Waals surface area contributed by atoms with Crippen LogP contribution in [0.4, 0.5) is 0 Å². The zero-order valence-electron chi connectivity index (χ0n) is 15.3. The second kappa shape index (κ2) is 8.28. The highest BCUT2D eigenvalue weighted by atomic mass is 16.6. The molecule has 0 saturated carbocycles. The standard InChI is InChI=1S/C19H24N2O6/c1-13(22)21(12-17(23)24)14-4-3-8-20(9-7-14)19(25)15-5-2-6-16-18(15)27-11-10-26-16/h2,5-6,14H,3-4,7-12H2,1H3,(H,23,24)/t14-/m0/s1. The maximum Gasteiger partial charge on any atom is 0.323 e. The zero-order valence-corrected chi connectivity index (χ0v) is 15.3. The van der Waals surface area contributed by atoms with Gasteiger partial charge in [0.25, 0.3) is 5.91 Å². The summed E-state index contributed by atoms with van der Waals surface area (Å²) >= 11 is 0. The minimum absolute atomic E-state index is 0.134. The van der Waals surface area contributed by atoms with Crippen LogP contribution in [0, 0.1) is 0 Å². The fourth-order valence-corrected chi connectivity index (χ4v) is 3.65. The molecule has 8 nitrogen and oxygen atoms in total.